The van der Waals surface area contributed by atoms with E-state index in [2.05, 4.69) is 12.1 Å². The van der Waals surface area contributed by atoms with E-state index in [9.17, 15) is 4.39 Å². The summed E-state index contributed by atoms with van der Waals surface area (Å²) in [5, 5.41) is 0. The van der Waals surface area contributed by atoms with Gasteiger partial charge in [-0.1, -0.05) is 6.07 Å². The Morgan fingerprint density at radius 1 is 1.00 bits per heavy atom. The van der Waals surface area contributed by atoms with Crippen LogP contribution in [0.3, 0.4) is 0 Å². The number of hydrogen-bond acceptors (Lipinski definition) is 2. The first-order chi connectivity index (χ1) is 9.76. The maximum absolute atomic E-state index is 13.2. The number of nitrogens with two attached hydrogens (primary N) is 1. The van der Waals surface area contributed by atoms with Crippen molar-refractivity contribution in [3.63, 3.8) is 0 Å². The molecule has 0 radical (unpaired) electrons. The van der Waals surface area contributed by atoms with Crippen molar-refractivity contribution in [1.82, 2.24) is 0 Å². The zero-order chi connectivity index (χ0) is 13.9. The van der Waals surface area contributed by atoms with Crippen LogP contribution < -0.4 is 10.5 Å². The standard InChI is InChI=1S/C17H18FNO/c18-15-6-8-17(14(9-15)11-19)20-16-7-5-12-3-1-2-4-13(12)10-16/h5-10H,1-4,11,19H2. The second-order valence-electron chi connectivity index (χ2n) is 5.20. The van der Waals surface area contributed by atoms with Gasteiger partial charge < -0.3 is 10.5 Å². The number of ether oxygens (including phenoxy) is 1. The van der Waals surface area contributed by atoms with Crippen LogP contribution in [-0.4, -0.2) is 0 Å². The van der Waals surface area contributed by atoms with Crippen molar-refractivity contribution in [2.75, 3.05) is 0 Å². The molecule has 2 aromatic rings. The Kier molecular flexibility index (Phi) is 3.70. The minimum Gasteiger partial charge on any atom is -0.457 e. The van der Waals surface area contributed by atoms with Crippen LogP contribution in [0.15, 0.2) is 36.4 Å². The van der Waals surface area contributed by atoms with Crippen LogP contribution >= 0.6 is 0 Å². The first-order valence-electron chi connectivity index (χ1n) is 7.04. The molecule has 1 aliphatic rings. The van der Waals surface area contributed by atoms with Crippen molar-refractivity contribution < 1.29 is 9.13 Å². The molecule has 0 heterocycles. The van der Waals surface area contributed by atoms with Crippen LogP contribution in [0, 0.1) is 5.82 Å². The third-order valence-electron chi connectivity index (χ3n) is 3.79. The van der Waals surface area contributed by atoms with Gasteiger partial charge in [-0.25, -0.2) is 4.39 Å². The summed E-state index contributed by atoms with van der Waals surface area (Å²) in [6.45, 7) is 0.262. The zero-order valence-corrected chi connectivity index (χ0v) is 11.4. The average Bonchev–Trinajstić information content (AvgIpc) is 2.49. The summed E-state index contributed by atoms with van der Waals surface area (Å²) >= 11 is 0. The fourth-order valence-corrected chi connectivity index (χ4v) is 2.71. The first kappa shape index (κ1) is 13.1. The second-order valence-corrected chi connectivity index (χ2v) is 5.20. The van der Waals surface area contributed by atoms with E-state index >= 15 is 0 Å². The summed E-state index contributed by atoms with van der Waals surface area (Å²) in [7, 11) is 0. The first-order valence-corrected chi connectivity index (χ1v) is 7.04. The van der Waals surface area contributed by atoms with E-state index in [0.29, 0.717) is 11.3 Å². The van der Waals surface area contributed by atoms with E-state index in [1.54, 1.807) is 6.07 Å². The molecule has 0 bridgehead atoms. The lowest BCUT2D eigenvalue weighted by Crippen LogP contribution is -2.03. The molecule has 3 heteroatoms. The highest BCUT2D eigenvalue weighted by molar-refractivity contribution is 5.42. The van der Waals surface area contributed by atoms with E-state index in [4.69, 9.17) is 10.5 Å². The van der Waals surface area contributed by atoms with Gasteiger partial charge in [0.05, 0.1) is 0 Å². The van der Waals surface area contributed by atoms with Gasteiger partial charge in [-0.3, -0.25) is 0 Å². The van der Waals surface area contributed by atoms with Gasteiger partial charge in [0, 0.05) is 12.1 Å². The molecule has 2 aromatic carbocycles. The van der Waals surface area contributed by atoms with E-state index in [1.807, 2.05) is 6.07 Å². The molecule has 0 saturated heterocycles. The Morgan fingerprint density at radius 2 is 1.80 bits per heavy atom. The van der Waals surface area contributed by atoms with Crippen LogP contribution in [0.5, 0.6) is 11.5 Å². The highest BCUT2D eigenvalue weighted by Crippen LogP contribution is 2.30. The summed E-state index contributed by atoms with van der Waals surface area (Å²) < 4.78 is 19.1. The van der Waals surface area contributed by atoms with Crippen molar-refractivity contribution in [2.24, 2.45) is 5.73 Å². The predicted molar refractivity (Wildman–Crippen MR) is 77.4 cm³/mol. The van der Waals surface area contributed by atoms with Crippen LogP contribution in [0.4, 0.5) is 4.39 Å². The Labute approximate surface area is 118 Å². The van der Waals surface area contributed by atoms with Crippen molar-refractivity contribution in [3.8, 4) is 11.5 Å². The Hall–Kier alpha value is -1.87. The van der Waals surface area contributed by atoms with Crippen molar-refractivity contribution in [2.45, 2.75) is 32.2 Å². The number of benzene rings is 2. The molecule has 0 aliphatic heterocycles. The van der Waals surface area contributed by atoms with E-state index < -0.39 is 0 Å². The quantitative estimate of drug-likeness (QED) is 0.917. The van der Waals surface area contributed by atoms with Gasteiger partial charge in [0.25, 0.3) is 0 Å². The van der Waals surface area contributed by atoms with Crippen molar-refractivity contribution in [3.05, 3.63) is 58.9 Å². The van der Waals surface area contributed by atoms with E-state index in [-0.39, 0.29) is 12.4 Å². The molecule has 104 valence electrons. The van der Waals surface area contributed by atoms with Gasteiger partial charge in [0.15, 0.2) is 0 Å². The molecule has 20 heavy (non-hydrogen) atoms. The van der Waals surface area contributed by atoms with Gasteiger partial charge in [-0.2, -0.15) is 0 Å². The van der Waals surface area contributed by atoms with E-state index in [1.165, 1.54) is 36.1 Å². The van der Waals surface area contributed by atoms with Crippen molar-refractivity contribution >= 4 is 0 Å². The molecular weight excluding hydrogens is 253 g/mol. The molecule has 2 N–H and O–H groups in total. The number of halogens is 1. The molecule has 0 unspecified atom stereocenters. The maximum Gasteiger partial charge on any atom is 0.132 e. The molecule has 0 saturated carbocycles. The summed E-state index contributed by atoms with van der Waals surface area (Å²) in [6, 6.07) is 10.7. The molecule has 2 nitrogen and oxygen atoms in total. The van der Waals surface area contributed by atoms with Crippen LogP contribution in [0.2, 0.25) is 0 Å². The lowest BCUT2D eigenvalue weighted by atomic mass is 9.92. The van der Waals surface area contributed by atoms with Gasteiger partial charge in [-0.15, -0.1) is 0 Å². The highest BCUT2D eigenvalue weighted by Gasteiger charge is 2.11. The second kappa shape index (κ2) is 5.63. The monoisotopic (exact) mass is 271 g/mol. The molecule has 3 rings (SSSR count). The molecule has 1 aliphatic carbocycles. The Morgan fingerprint density at radius 3 is 2.60 bits per heavy atom. The largest absolute Gasteiger partial charge is 0.457 e. The van der Waals surface area contributed by atoms with E-state index in [0.717, 1.165) is 18.6 Å². The van der Waals surface area contributed by atoms with Gasteiger partial charge >= 0.3 is 0 Å². The average molecular weight is 271 g/mol. The fourth-order valence-electron chi connectivity index (χ4n) is 2.71. The Balaban J connectivity index is 1.87. The normalized spacial score (nSPS) is 13.9. The summed E-state index contributed by atoms with van der Waals surface area (Å²) in [5.74, 6) is 1.14. The fraction of sp³-hybridized carbons (Fsp3) is 0.294. The van der Waals surface area contributed by atoms with Crippen LogP contribution in [0.1, 0.15) is 29.5 Å². The molecule has 0 aromatic heterocycles. The van der Waals surface area contributed by atoms with Gasteiger partial charge in [0.1, 0.15) is 17.3 Å². The molecule has 0 fully saturated rings. The van der Waals surface area contributed by atoms with Crippen LogP contribution in [-0.2, 0) is 19.4 Å². The summed E-state index contributed by atoms with van der Waals surface area (Å²) in [4.78, 5) is 0. The van der Waals surface area contributed by atoms with Gasteiger partial charge in [0.2, 0.25) is 0 Å². The number of aryl methyl sites for hydroxylation is 2. The number of fused-ring (bicyclic) bond motifs is 1. The molecule has 0 amide bonds. The minimum absolute atomic E-state index is 0.262. The maximum atomic E-state index is 13.2. The third kappa shape index (κ3) is 2.68. The smallest absolute Gasteiger partial charge is 0.132 e. The summed E-state index contributed by atoms with van der Waals surface area (Å²) in [6.07, 6.45) is 4.77. The lowest BCUT2D eigenvalue weighted by Gasteiger charge is -2.17. The number of rotatable bonds is 3. The van der Waals surface area contributed by atoms with Crippen molar-refractivity contribution in [1.29, 1.82) is 0 Å². The topological polar surface area (TPSA) is 35.2 Å². The highest BCUT2D eigenvalue weighted by atomic mass is 19.1. The molecule has 0 spiro atoms. The number of hydrogen-bond donors (Lipinski definition) is 1. The third-order valence-corrected chi connectivity index (χ3v) is 3.79. The molecule has 0 atom stereocenters. The van der Waals surface area contributed by atoms with Gasteiger partial charge in [-0.05, 0) is 67.1 Å². The Bertz CT molecular complexity index is 624. The molecular formula is C17H18FNO. The zero-order valence-electron chi connectivity index (χ0n) is 11.4. The SMILES string of the molecule is NCc1cc(F)ccc1Oc1ccc2c(c1)CCCC2. The van der Waals surface area contributed by atoms with Crippen LogP contribution in [0.25, 0.3) is 0 Å². The summed E-state index contributed by atoms with van der Waals surface area (Å²) in [5.41, 5.74) is 9.10. The minimum atomic E-state index is -0.289. The lowest BCUT2D eigenvalue weighted by molar-refractivity contribution is 0.472. The predicted octanol–water partition coefficient (Wildman–Crippen LogP) is 3.96.